The Kier molecular flexibility index (Phi) is 5.58. The molecule has 2 aromatic carbocycles. The second kappa shape index (κ2) is 8.45. The number of benzene rings is 2. The lowest BCUT2D eigenvalue weighted by atomic mass is 9.88. The zero-order chi connectivity index (χ0) is 20.2. The molecule has 1 amide bonds. The first kappa shape index (κ1) is 19.2. The van der Waals surface area contributed by atoms with E-state index >= 15 is 0 Å². The van der Waals surface area contributed by atoms with Gasteiger partial charge in [-0.25, -0.2) is 9.78 Å². The third-order valence-corrected chi connectivity index (χ3v) is 5.50. The second-order valence-electron chi connectivity index (χ2n) is 7.58. The van der Waals surface area contributed by atoms with Gasteiger partial charge in [0.1, 0.15) is 5.82 Å². The van der Waals surface area contributed by atoms with Gasteiger partial charge in [0, 0.05) is 25.8 Å². The van der Waals surface area contributed by atoms with E-state index in [0.717, 1.165) is 30.1 Å². The highest BCUT2D eigenvalue weighted by molar-refractivity contribution is 5.83. The molecule has 0 atom stereocenters. The largest absolute Gasteiger partial charge is 0.465 e. The molecule has 29 heavy (non-hydrogen) atoms. The van der Waals surface area contributed by atoms with E-state index in [-0.39, 0.29) is 6.04 Å². The van der Waals surface area contributed by atoms with Gasteiger partial charge in [-0.15, -0.1) is 0 Å². The minimum Gasteiger partial charge on any atom is -0.465 e. The maximum absolute atomic E-state index is 11.2. The number of hydrogen-bond donors (Lipinski definition) is 1. The van der Waals surface area contributed by atoms with Crippen molar-refractivity contribution in [3.8, 4) is 0 Å². The Labute approximate surface area is 171 Å². The molecule has 0 aliphatic carbocycles. The quantitative estimate of drug-likeness (QED) is 0.678. The predicted molar refractivity (Wildman–Crippen MR) is 114 cm³/mol. The van der Waals surface area contributed by atoms with Gasteiger partial charge in [0.25, 0.3) is 0 Å². The molecule has 0 unspecified atom stereocenters. The minimum atomic E-state index is -1.00. The first-order valence-electron chi connectivity index (χ1n) is 9.88. The number of hydrogen-bond acceptors (Lipinski definition) is 3. The van der Waals surface area contributed by atoms with Gasteiger partial charge in [0.05, 0.1) is 6.04 Å². The fourth-order valence-electron chi connectivity index (χ4n) is 4.00. The number of carboxylic acid groups (broad SMARTS) is 1. The summed E-state index contributed by atoms with van der Waals surface area (Å²) in [5.74, 6) is 0.987. The number of nitrogens with zero attached hydrogens (tertiary/aromatic N) is 3. The second-order valence-corrected chi connectivity index (χ2v) is 7.58. The van der Waals surface area contributed by atoms with Crippen molar-refractivity contribution in [2.24, 2.45) is 5.92 Å². The highest BCUT2D eigenvalue weighted by atomic mass is 16.4. The Morgan fingerprint density at radius 1 is 1.00 bits per heavy atom. The highest BCUT2D eigenvalue weighted by Crippen LogP contribution is 2.35. The van der Waals surface area contributed by atoms with Gasteiger partial charge in [-0.05, 0) is 35.6 Å². The predicted octanol–water partition coefficient (Wildman–Crippen LogP) is 4.46. The smallest absolute Gasteiger partial charge is 0.412 e. The van der Waals surface area contributed by atoms with Crippen molar-refractivity contribution in [1.29, 1.82) is 0 Å². The van der Waals surface area contributed by atoms with Crippen LogP contribution in [0.4, 0.5) is 10.6 Å². The fourth-order valence-corrected chi connectivity index (χ4v) is 4.00. The van der Waals surface area contributed by atoms with Crippen LogP contribution in [0.5, 0.6) is 0 Å². The van der Waals surface area contributed by atoms with Crippen LogP contribution in [-0.4, -0.2) is 41.2 Å². The molecule has 0 radical (unpaired) electrons. The van der Waals surface area contributed by atoms with Crippen LogP contribution >= 0.6 is 0 Å². The normalized spacial score (nSPS) is 14.6. The van der Waals surface area contributed by atoms with Crippen molar-refractivity contribution in [2.75, 3.05) is 25.0 Å². The van der Waals surface area contributed by atoms with E-state index in [2.05, 4.69) is 70.5 Å². The van der Waals surface area contributed by atoms with Crippen LogP contribution in [0.1, 0.15) is 22.9 Å². The summed E-state index contributed by atoms with van der Waals surface area (Å²) in [6.45, 7) is 1.99. The summed E-state index contributed by atoms with van der Waals surface area (Å²) in [7, 11) is 1.52. The summed E-state index contributed by atoms with van der Waals surface area (Å²) in [6, 6.07) is 27.1. The number of likely N-dealkylation sites (tertiary alicyclic amines) is 1. The zero-order valence-electron chi connectivity index (χ0n) is 16.5. The molecule has 5 nitrogen and oxygen atoms in total. The van der Waals surface area contributed by atoms with E-state index in [1.165, 1.54) is 18.2 Å². The maximum Gasteiger partial charge on any atom is 0.412 e. The van der Waals surface area contributed by atoms with Crippen LogP contribution in [0.25, 0.3) is 0 Å². The molecule has 1 aliphatic heterocycles. The van der Waals surface area contributed by atoms with Gasteiger partial charge in [-0.2, -0.15) is 0 Å². The van der Waals surface area contributed by atoms with E-state index in [1.807, 2.05) is 12.1 Å². The average molecular weight is 387 g/mol. The summed E-state index contributed by atoms with van der Waals surface area (Å²) in [4.78, 5) is 19.3. The molecule has 1 saturated heterocycles. The Bertz CT molecular complexity index is 917. The van der Waals surface area contributed by atoms with E-state index in [9.17, 15) is 4.79 Å². The van der Waals surface area contributed by atoms with Gasteiger partial charge in [-0.3, -0.25) is 9.80 Å². The number of rotatable bonds is 6. The number of pyridine rings is 1. The summed E-state index contributed by atoms with van der Waals surface area (Å²) in [6.07, 6.45) is -0.147. The van der Waals surface area contributed by atoms with Gasteiger partial charge < -0.3 is 5.11 Å². The number of anilines is 1. The third kappa shape index (κ3) is 4.30. The molecule has 0 bridgehead atoms. The maximum atomic E-state index is 11.2. The molecular formula is C24H25N3O2. The van der Waals surface area contributed by atoms with Crippen molar-refractivity contribution >= 4 is 11.9 Å². The highest BCUT2D eigenvalue weighted by Gasteiger charge is 2.34. The summed E-state index contributed by atoms with van der Waals surface area (Å²) < 4.78 is 0. The molecule has 2 heterocycles. The first-order chi connectivity index (χ1) is 14.1. The zero-order valence-corrected chi connectivity index (χ0v) is 16.5. The van der Waals surface area contributed by atoms with E-state index in [4.69, 9.17) is 5.11 Å². The van der Waals surface area contributed by atoms with E-state index in [1.54, 1.807) is 6.07 Å². The fraction of sp³-hybridized carbons (Fsp3) is 0.250. The van der Waals surface area contributed by atoms with Gasteiger partial charge in [-0.1, -0.05) is 66.7 Å². The van der Waals surface area contributed by atoms with Crippen LogP contribution in [0.2, 0.25) is 0 Å². The van der Waals surface area contributed by atoms with Gasteiger partial charge in [0.15, 0.2) is 0 Å². The molecule has 0 saturated carbocycles. The average Bonchev–Trinajstić information content (AvgIpc) is 2.73. The summed E-state index contributed by atoms with van der Waals surface area (Å²) in [5, 5.41) is 9.16. The molecule has 0 spiro atoms. The van der Waals surface area contributed by atoms with Crippen molar-refractivity contribution in [1.82, 2.24) is 9.88 Å². The molecule has 148 valence electrons. The number of amides is 1. The van der Waals surface area contributed by atoms with Crippen LogP contribution in [0.3, 0.4) is 0 Å². The van der Waals surface area contributed by atoms with E-state index in [0.29, 0.717) is 11.7 Å². The number of carbonyl (C=O) groups is 1. The molecule has 1 N–H and O–H groups in total. The molecule has 1 fully saturated rings. The van der Waals surface area contributed by atoms with Gasteiger partial charge in [0.2, 0.25) is 0 Å². The number of aromatic nitrogens is 1. The first-order valence-corrected chi connectivity index (χ1v) is 9.88. The Hall–Kier alpha value is -3.18. The topological polar surface area (TPSA) is 56.7 Å². The van der Waals surface area contributed by atoms with Crippen LogP contribution in [0.15, 0.2) is 78.9 Å². The van der Waals surface area contributed by atoms with Crippen molar-refractivity contribution in [3.05, 3.63) is 95.7 Å². The van der Waals surface area contributed by atoms with Crippen molar-refractivity contribution in [3.63, 3.8) is 0 Å². The molecular weight excluding hydrogens is 362 g/mol. The third-order valence-electron chi connectivity index (χ3n) is 5.50. The van der Waals surface area contributed by atoms with Crippen molar-refractivity contribution in [2.45, 2.75) is 12.5 Å². The van der Waals surface area contributed by atoms with Crippen LogP contribution < -0.4 is 4.90 Å². The lowest BCUT2D eigenvalue weighted by Gasteiger charge is -2.45. The SMILES string of the molecule is CN(C(=O)O)c1cccc(CC2CN(C(c3ccccc3)c3ccccc3)C2)n1. The Morgan fingerprint density at radius 3 is 2.14 bits per heavy atom. The van der Waals surface area contributed by atoms with E-state index < -0.39 is 6.09 Å². The summed E-state index contributed by atoms with van der Waals surface area (Å²) >= 11 is 0. The molecule has 4 rings (SSSR count). The van der Waals surface area contributed by atoms with Gasteiger partial charge >= 0.3 is 6.09 Å². The van der Waals surface area contributed by atoms with Crippen molar-refractivity contribution < 1.29 is 9.90 Å². The minimum absolute atomic E-state index is 0.256. The van der Waals surface area contributed by atoms with Crippen LogP contribution in [-0.2, 0) is 6.42 Å². The Balaban J connectivity index is 1.45. The lowest BCUT2D eigenvalue weighted by Crippen LogP contribution is -2.49. The molecule has 1 aliphatic rings. The molecule has 1 aromatic heterocycles. The molecule has 5 heteroatoms. The monoisotopic (exact) mass is 387 g/mol. The molecule has 3 aromatic rings. The standard InChI is InChI=1S/C24H25N3O2/c1-26(24(28)29)22-14-8-13-21(25-22)15-18-16-27(17-18)23(19-9-4-2-5-10-19)20-11-6-3-7-12-20/h2-14,18,23H,15-17H2,1H3,(H,28,29). The van der Waals surface area contributed by atoms with Crippen LogP contribution in [0, 0.1) is 5.92 Å². The summed E-state index contributed by atoms with van der Waals surface area (Å²) in [5.41, 5.74) is 3.55. The lowest BCUT2D eigenvalue weighted by molar-refractivity contribution is 0.0683. The Morgan fingerprint density at radius 2 is 1.59 bits per heavy atom.